The molecule has 0 aromatic heterocycles. The van der Waals surface area contributed by atoms with Gasteiger partial charge in [0.05, 0.1) is 0 Å². The number of aryl methyl sites for hydroxylation is 2. The van der Waals surface area contributed by atoms with E-state index in [4.69, 9.17) is 5.73 Å². The molecule has 106 valence electrons. The Hall–Kier alpha value is -1.74. The van der Waals surface area contributed by atoms with E-state index < -0.39 is 11.6 Å². The molecule has 3 heteroatoms. The summed E-state index contributed by atoms with van der Waals surface area (Å²) in [7, 11) is 0. The first kappa shape index (κ1) is 14.7. The monoisotopic (exact) mass is 275 g/mol. The van der Waals surface area contributed by atoms with E-state index in [1.807, 2.05) is 6.07 Å². The predicted molar refractivity (Wildman–Crippen MR) is 77.5 cm³/mol. The van der Waals surface area contributed by atoms with Crippen molar-refractivity contribution in [2.24, 2.45) is 5.73 Å². The van der Waals surface area contributed by atoms with E-state index >= 15 is 0 Å². The predicted octanol–water partition coefficient (Wildman–Crippen LogP) is 3.78. The Bertz CT molecular complexity index is 581. The summed E-state index contributed by atoms with van der Waals surface area (Å²) in [6.45, 7) is 2.05. The number of hydrogen-bond donors (Lipinski definition) is 1. The van der Waals surface area contributed by atoms with Crippen LogP contribution in [0.3, 0.4) is 0 Å². The summed E-state index contributed by atoms with van der Waals surface area (Å²) in [5.74, 6) is -1.07. The molecule has 0 saturated carbocycles. The first-order valence-electron chi connectivity index (χ1n) is 6.79. The normalized spacial score (nSPS) is 12.4. The van der Waals surface area contributed by atoms with Crippen molar-refractivity contribution in [3.8, 4) is 0 Å². The van der Waals surface area contributed by atoms with E-state index in [9.17, 15) is 8.78 Å². The topological polar surface area (TPSA) is 26.0 Å². The van der Waals surface area contributed by atoms with Gasteiger partial charge in [-0.1, -0.05) is 35.9 Å². The second-order valence-electron chi connectivity index (χ2n) is 5.23. The highest BCUT2D eigenvalue weighted by Gasteiger charge is 2.09. The fourth-order valence-corrected chi connectivity index (χ4v) is 2.29. The summed E-state index contributed by atoms with van der Waals surface area (Å²) in [6, 6.07) is 11.8. The van der Waals surface area contributed by atoms with Gasteiger partial charge in [-0.15, -0.1) is 0 Å². The molecule has 0 aliphatic heterocycles. The maximum absolute atomic E-state index is 13.5. The van der Waals surface area contributed by atoms with Gasteiger partial charge in [0, 0.05) is 12.1 Å². The lowest BCUT2D eigenvalue weighted by Crippen LogP contribution is -2.24. The van der Waals surface area contributed by atoms with Crippen LogP contribution in [0.15, 0.2) is 42.5 Å². The lowest BCUT2D eigenvalue weighted by atomic mass is 9.99. The summed E-state index contributed by atoms with van der Waals surface area (Å²) in [5, 5.41) is 0. The molecule has 2 N–H and O–H groups in total. The summed E-state index contributed by atoms with van der Waals surface area (Å²) in [4.78, 5) is 0. The Morgan fingerprint density at radius 1 is 1.10 bits per heavy atom. The maximum atomic E-state index is 13.5. The molecule has 0 spiro atoms. The highest BCUT2D eigenvalue weighted by atomic mass is 19.1. The molecular weight excluding hydrogens is 256 g/mol. The summed E-state index contributed by atoms with van der Waals surface area (Å²) in [6.07, 6.45) is 2.07. The van der Waals surface area contributed by atoms with Crippen molar-refractivity contribution in [3.05, 3.63) is 70.8 Å². The van der Waals surface area contributed by atoms with Gasteiger partial charge >= 0.3 is 0 Å². The number of halogens is 2. The van der Waals surface area contributed by atoms with E-state index in [1.54, 1.807) is 0 Å². The Labute approximate surface area is 118 Å². The fourth-order valence-electron chi connectivity index (χ4n) is 2.29. The van der Waals surface area contributed by atoms with Crippen LogP contribution in [0.4, 0.5) is 8.78 Å². The molecule has 20 heavy (non-hydrogen) atoms. The Kier molecular flexibility index (Phi) is 4.85. The third kappa shape index (κ3) is 4.14. The SMILES string of the molecule is Cc1cccc(CCC(N)Cc2ccc(F)cc2F)c1. The molecule has 2 aromatic rings. The zero-order chi connectivity index (χ0) is 14.5. The Balaban J connectivity index is 1.90. The van der Waals surface area contributed by atoms with Gasteiger partial charge in [0.1, 0.15) is 11.6 Å². The van der Waals surface area contributed by atoms with Crippen LogP contribution in [0.1, 0.15) is 23.1 Å². The minimum atomic E-state index is -0.556. The lowest BCUT2D eigenvalue weighted by molar-refractivity contribution is 0.549. The zero-order valence-electron chi connectivity index (χ0n) is 11.6. The third-order valence-corrected chi connectivity index (χ3v) is 3.38. The largest absolute Gasteiger partial charge is 0.327 e. The molecule has 0 fully saturated rings. The molecule has 2 aromatic carbocycles. The molecule has 0 aliphatic carbocycles. The quantitative estimate of drug-likeness (QED) is 0.883. The van der Waals surface area contributed by atoms with Crippen LogP contribution in [-0.2, 0) is 12.8 Å². The van der Waals surface area contributed by atoms with Gasteiger partial charge in [0.2, 0.25) is 0 Å². The molecule has 1 nitrogen and oxygen atoms in total. The minimum absolute atomic E-state index is 0.129. The minimum Gasteiger partial charge on any atom is -0.327 e. The third-order valence-electron chi connectivity index (χ3n) is 3.38. The van der Waals surface area contributed by atoms with E-state index in [0.717, 1.165) is 18.9 Å². The number of rotatable bonds is 5. The highest BCUT2D eigenvalue weighted by molar-refractivity contribution is 5.23. The smallest absolute Gasteiger partial charge is 0.129 e. The molecule has 2 rings (SSSR count). The van der Waals surface area contributed by atoms with Crippen molar-refractivity contribution in [3.63, 3.8) is 0 Å². The van der Waals surface area contributed by atoms with Crippen LogP contribution in [0.2, 0.25) is 0 Å². The van der Waals surface area contributed by atoms with Gasteiger partial charge in [-0.2, -0.15) is 0 Å². The number of nitrogens with two attached hydrogens (primary N) is 1. The van der Waals surface area contributed by atoms with Gasteiger partial charge in [0.25, 0.3) is 0 Å². The van der Waals surface area contributed by atoms with Gasteiger partial charge in [0.15, 0.2) is 0 Å². The molecule has 0 aliphatic rings. The number of hydrogen-bond acceptors (Lipinski definition) is 1. The Morgan fingerprint density at radius 3 is 2.60 bits per heavy atom. The first-order valence-corrected chi connectivity index (χ1v) is 6.79. The van der Waals surface area contributed by atoms with Crippen LogP contribution < -0.4 is 5.73 Å². The molecule has 0 bridgehead atoms. The lowest BCUT2D eigenvalue weighted by Gasteiger charge is -2.12. The molecule has 0 heterocycles. The van der Waals surface area contributed by atoms with Crippen LogP contribution in [-0.4, -0.2) is 6.04 Å². The summed E-state index contributed by atoms with van der Waals surface area (Å²) in [5.41, 5.74) is 8.97. The van der Waals surface area contributed by atoms with E-state index in [-0.39, 0.29) is 6.04 Å². The van der Waals surface area contributed by atoms with Crippen molar-refractivity contribution >= 4 is 0 Å². The van der Waals surface area contributed by atoms with Gasteiger partial charge < -0.3 is 5.73 Å². The highest BCUT2D eigenvalue weighted by Crippen LogP contribution is 2.14. The molecule has 1 unspecified atom stereocenters. The van der Waals surface area contributed by atoms with Crippen LogP contribution in [0.5, 0.6) is 0 Å². The summed E-state index contributed by atoms with van der Waals surface area (Å²) >= 11 is 0. The second kappa shape index (κ2) is 6.62. The molecule has 1 atom stereocenters. The molecule has 0 saturated heterocycles. The average molecular weight is 275 g/mol. The van der Waals surface area contributed by atoms with Crippen LogP contribution >= 0.6 is 0 Å². The van der Waals surface area contributed by atoms with Crippen molar-refractivity contribution in [2.75, 3.05) is 0 Å². The fraction of sp³-hybridized carbons (Fsp3) is 0.294. The Morgan fingerprint density at radius 2 is 1.90 bits per heavy atom. The van der Waals surface area contributed by atoms with Crippen LogP contribution in [0.25, 0.3) is 0 Å². The van der Waals surface area contributed by atoms with Crippen molar-refractivity contribution in [1.82, 2.24) is 0 Å². The maximum Gasteiger partial charge on any atom is 0.129 e. The molecular formula is C17H19F2N. The van der Waals surface area contributed by atoms with Crippen molar-refractivity contribution < 1.29 is 8.78 Å². The van der Waals surface area contributed by atoms with E-state index in [2.05, 4.69) is 25.1 Å². The molecule has 0 radical (unpaired) electrons. The summed E-state index contributed by atoms with van der Waals surface area (Å²) < 4.78 is 26.4. The van der Waals surface area contributed by atoms with E-state index in [0.29, 0.717) is 12.0 Å². The number of benzene rings is 2. The molecule has 0 amide bonds. The second-order valence-corrected chi connectivity index (χ2v) is 5.23. The van der Waals surface area contributed by atoms with Crippen LogP contribution in [0, 0.1) is 18.6 Å². The van der Waals surface area contributed by atoms with Gasteiger partial charge in [-0.25, -0.2) is 8.78 Å². The van der Waals surface area contributed by atoms with Crippen molar-refractivity contribution in [2.45, 2.75) is 32.2 Å². The first-order chi connectivity index (χ1) is 9.54. The van der Waals surface area contributed by atoms with Crippen molar-refractivity contribution in [1.29, 1.82) is 0 Å². The van der Waals surface area contributed by atoms with E-state index in [1.165, 1.54) is 23.3 Å². The zero-order valence-corrected chi connectivity index (χ0v) is 11.6. The van der Waals surface area contributed by atoms with Gasteiger partial charge in [-0.05, 0) is 43.4 Å². The average Bonchev–Trinajstić information content (AvgIpc) is 2.40. The van der Waals surface area contributed by atoms with Gasteiger partial charge in [-0.3, -0.25) is 0 Å². The standard InChI is InChI=1S/C17H19F2N/c1-12-3-2-4-13(9-12)5-8-16(20)10-14-6-7-15(18)11-17(14)19/h2-4,6-7,9,11,16H,5,8,10,20H2,1H3.